The van der Waals surface area contributed by atoms with Gasteiger partial charge in [-0.3, -0.25) is 0 Å². The maximum atomic E-state index is 5.02. The third-order valence-corrected chi connectivity index (χ3v) is 1.66. The molecule has 1 aromatic rings. The molecule has 0 fully saturated rings. The van der Waals surface area contributed by atoms with E-state index in [1.807, 2.05) is 25.1 Å². The van der Waals surface area contributed by atoms with Gasteiger partial charge in [0.05, 0.1) is 12.0 Å². The SMILES string of the molecule is COc1cc(C)ccc1[S]. The molecule has 53 valence electrons. The molecule has 0 aliphatic carbocycles. The van der Waals surface area contributed by atoms with Crippen LogP contribution in [0.4, 0.5) is 0 Å². The van der Waals surface area contributed by atoms with Crippen molar-refractivity contribution < 1.29 is 4.74 Å². The molecule has 1 radical (unpaired) electrons. The molecule has 0 heterocycles. The number of methoxy groups -OCH3 is 1. The Morgan fingerprint density at radius 1 is 1.40 bits per heavy atom. The molecule has 1 rings (SSSR count). The van der Waals surface area contributed by atoms with Crippen molar-refractivity contribution in [2.24, 2.45) is 0 Å². The van der Waals surface area contributed by atoms with Crippen molar-refractivity contribution >= 4 is 12.6 Å². The smallest absolute Gasteiger partial charge is 0.137 e. The van der Waals surface area contributed by atoms with E-state index in [1.54, 1.807) is 7.11 Å². The van der Waals surface area contributed by atoms with Crippen LogP contribution in [-0.4, -0.2) is 7.11 Å². The van der Waals surface area contributed by atoms with Crippen LogP contribution < -0.4 is 4.74 Å². The number of rotatable bonds is 1. The highest BCUT2D eigenvalue weighted by Gasteiger charge is 1.97. The van der Waals surface area contributed by atoms with E-state index < -0.39 is 0 Å². The standard InChI is InChI=1S/C8H9OS/c1-6-3-4-8(10)7(5-6)9-2/h3-5H,1-2H3. The quantitative estimate of drug-likeness (QED) is 0.602. The molecular formula is C8H9OS. The predicted molar refractivity (Wildman–Crippen MR) is 43.6 cm³/mol. The molecule has 0 amide bonds. The molecule has 0 aromatic heterocycles. The summed E-state index contributed by atoms with van der Waals surface area (Å²) in [5.41, 5.74) is 1.17. The van der Waals surface area contributed by atoms with Gasteiger partial charge in [0.1, 0.15) is 5.75 Å². The minimum atomic E-state index is 0.771. The van der Waals surface area contributed by atoms with Crippen LogP contribution in [0.1, 0.15) is 5.56 Å². The first-order valence-corrected chi connectivity index (χ1v) is 3.46. The number of hydrogen-bond donors (Lipinski definition) is 0. The zero-order chi connectivity index (χ0) is 7.56. The van der Waals surface area contributed by atoms with Gasteiger partial charge in [-0.2, -0.15) is 0 Å². The molecule has 10 heavy (non-hydrogen) atoms. The highest BCUT2D eigenvalue weighted by molar-refractivity contribution is 7.80. The van der Waals surface area contributed by atoms with Crippen LogP contribution in [0.5, 0.6) is 5.75 Å². The first-order chi connectivity index (χ1) is 4.74. The minimum absolute atomic E-state index is 0.771. The van der Waals surface area contributed by atoms with Crippen molar-refractivity contribution in [3.63, 3.8) is 0 Å². The molecule has 1 nitrogen and oxygen atoms in total. The predicted octanol–water partition coefficient (Wildman–Crippen LogP) is 2.56. The zero-order valence-corrected chi connectivity index (χ0v) is 6.87. The van der Waals surface area contributed by atoms with Crippen LogP contribution in [0.3, 0.4) is 0 Å². The van der Waals surface area contributed by atoms with Gasteiger partial charge in [0.25, 0.3) is 0 Å². The van der Waals surface area contributed by atoms with Crippen LogP contribution in [0.15, 0.2) is 23.1 Å². The lowest BCUT2D eigenvalue weighted by molar-refractivity contribution is 0.404. The van der Waals surface area contributed by atoms with E-state index in [2.05, 4.69) is 0 Å². The van der Waals surface area contributed by atoms with E-state index in [4.69, 9.17) is 17.4 Å². The Labute approximate surface area is 66.4 Å². The maximum Gasteiger partial charge on any atom is 0.137 e. The Morgan fingerprint density at radius 2 is 2.10 bits per heavy atom. The molecule has 0 aliphatic heterocycles. The summed E-state index contributed by atoms with van der Waals surface area (Å²) in [7, 11) is 1.63. The van der Waals surface area contributed by atoms with Gasteiger partial charge in [0, 0.05) is 0 Å². The van der Waals surface area contributed by atoms with Crippen molar-refractivity contribution in [3.8, 4) is 5.75 Å². The van der Waals surface area contributed by atoms with Crippen molar-refractivity contribution in [3.05, 3.63) is 23.8 Å². The van der Waals surface area contributed by atoms with Crippen LogP contribution in [0.25, 0.3) is 0 Å². The first-order valence-electron chi connectivity index (χ1n) is 3.05. The maximum absolute atomic E-state index is 5.02. The van der Waals surface area contributed by atoms with Crippen molar-refractivity contribution in [1.82, 2.24) is 0 Å². The number of hydrogen-bond acceptors (Lipinski definition) is 1. The van der Waals surface area contributed by atoms with Gasteiger partial charge in [0.15, 0.2) is 0 Å². The molecule has 0 saturated carbocycles. The Kier molecular flexibility index (Phi) is 2.12. The highest BCUT2D eigenvalue weighted by atomic mass is 32.1. The Bertz CT molecular complexity index is 233. The fourth-order valence-corrected chi connectivity index (χ4v) is 0.985. The van der Waals surface area contributed by atoms with Gasteiger partial charge in [0.2, 0.25) is 0 Å². The average molecular weight is 153 g/mol. The molecule has 0 atom stereocenters. The molecule has 0 N–H and O–H groups in total. The minimum Gasteiger partial charge on any atom is -0.495 e. The van der Waals surface area contributed by atoms with E-state index in [-0.39, 0.29) is 0 Å². The van der Waals surface area contributed by atoms with Gasteiger partial charge in [-0.25, -0.2) is 0 Å². The summed E-state index contributed by atoms with van der Waals surface area (Å²) >= 11 is 4.99. The van der Waals surface area contributed by atoms with Gasteiger partial charge in [-0.1, -0.05) is 18.7 Å². The fraction of sp³-hybridized carbons (Fsp3) is 0.250. The van der Waals surface area contributed by atoms with E-state index in [0.717, 1.165) is 10.6 Å². The lowest BCUT2D eigenvalue weighted by Crippen LogP contribution is -1.84. The van der Waals surface area contributed by atoms with E-state index in [0.29, 0.717) is 0 Å². The Balaban J connectivity index is 3.09. The number of ether oxygens (including phenoxy) is 1. The molecule has 1 aromatic carbocycles. The second kappa shape index (κ2) is 2.88. The van der Waals surface area contributed by atoms with E-state index >= 15 is 0 Å². The lowest BCUT2D eigenvalue weighted by atomic mass is 10.2. The van der Waals surface area contributed by atoms with Crippen LogP contribution in [-0.2, 0) is 0 Å². The van der Waals surface area contributed by atoms with Gasteiger partial charge in [-0.05, 0) is 24.6 Å². The van der Waals surface area contributed by atoms with Crippen molar-refractivity contribution in [2.75, 3.05) is 7.11 Å². The summed E-state index contributed by atoms with van der Waals surface area (Å²) in [5.74, 6) is 0.787. The summed E-state index contributed by atoms with van der Waals surface area (Å²) < 4.78 is 5.02. The molecule has 2 heteroatoms. The van der Waals surface area contributed by atoms with Crippen LogP contribution in [0.2, 0.25) is 0 Å². The number of aryl methyl sites for hydroxylation is 1. The van der Waals surface area contributed by atoms with Crippen molar-refractivity contribution in [1.29, 1.82) is 0 Å². The molecular weight excluding hydrogens is 144 g/mol. The second-order valence-corrected chi connectivity index (χ2v) is 2.59. The summed E-state index contributed by atoms with van der Waals surface area (Å²) in [6.07, 6.45) is 0. The van der Waals surface area contributed by atoms with E-state index in [9.17, 15) is 0 Å². The molecule has 0 unspecified atom stereocenters. The molecule has 0 aliphatic rings. The highest BCUT2D eigenvalue weighted by Crippen LogP contribution is 2.22. The third kappa shape index (κ3) is 1.39. The summed E-state index contributed by atoms with van der Waals surface area (Å²) in [6.45, 7) is 2.01. The van der Waals surface area contributed by atoms with Crippen LogP contribution in [0, 0.1) is 6.92 Å². The normalized spacial score (nSPS) is 9.40. The summed E-state index contributed by atoms with van der Waals surface area (Å²) in [4.78, 5) is 0.771. The Morgan fingerprint density at radius 3 is 2.60 bits per heavy atom. The third-order valence-electron chi connectivity index (χ3n) is 1.32. The molecule has 0 saturated heterocycles. The lowest BCUT2D eigenvalue weighted by Gasteiger charge is -2.02. The Hall–Kier alpha value is -0.760. The van der Waals surface area contributed by atoms with Crippen LogP contribution >= 0.6 is 12.6 Å². The number of benzene rings is 1. The van der Waals surface area contributed by atoms with Crippen molar-refractivity contribution in [2.45, 2.75) is 11.8 Å². The molecule has 0 bridgehead atoms. The zero-order valence-electron chi connectivity index (χ0n) is 6.05. The first kappa shape index (κ1) is 7.35. The topological polar surface area (TPSA) is 9.23 Å². The summed E-state index contributed by atoms with van der Waals surface area (Å²) in [5, 5.41) is 0. The van der Waals surface area contributed by atoms with Gasteiger partial charge >= 0.3 is 0 Å². The largest absolute Gasteiger partial charge is 0.495 e. The monoisotopic (exact) mass is 153 g/mol. The van der Waals surface area contributed by atoms with Gasteiger partial charge in [-0.15, -0.1) is 0 Å². The summed E-state index contributed by atoms with van der Waals surface area (Å²) in [6, 6.07) is 5.79. The van der Waals surface area contributed by atoms with E-state index in [1.165, 1.54) is 5.56 Å². The second-order valence-electron chi connectivity index (χ2n) is 2.15. The fourth-order valence-electron chi connectivity index (χ4n) is 0.775. The molecule has 0 spiro atoms. The average Bonchev–Trinajstić information content (AvgIpc) is 1.94. The van der Waals surface area contributed by atoms with Gasteiger partial charge < -0.3 is 4.74 Å².